The normalized spacial score (nSPS) is 11.5. The first-order chi connectivity index (χ1) is 14.9. The molecular formula is C24H24ClN3O3. The third kappa shape index (κ3) is 6.57. The first-order valence-electron chi connectivity index (χ1n) is 9.86. The number of amides is 2. The Balaban J connectivity index is 1.72. The summed E-state index contributed by atoms with van der Waals surface area (Å²) in [6, 6.07) is 23.0. The summed E-state index contributed by atoms with van der Waals surface area (Å²) in [6.07, 6.45) is -0.606. The minimum atomic E-state index is -0.606. The summed E-state index contributed by atoms with van der Waals surface area (Å²) in [5, 5.41) is 16.0. The van der Waals surface area contributed by atoms with Gasteiger partial charge in [-0.25, -0.2) is 0 Å². The zero-order chi connectivity index (χ0) is 22.2. The first-order valence-corrected chi connectivity index (χ1v) is 10.2. The molecule has 3 aromatic carbocycles. The summed E-state index contributed by atoms with van der Waals surface area (Å²) < 4.78 is 0. The maximum absolute atomic E-state index is 12.8. The van der Waals surface area contributed by atoms with E-state index in [1.807, 2.05) is 30.3 Å². The van der Waals surface area contributed by atoms with Crippen LogP contribution in [0.1, 0.15) is 17.3 Å². The number of nitrogens with zero attached hydrogens (tertiary/aromatic N) is 1. The molecule has 160 valence electrons. The number of anilines is 3. The molecule has 7 heteroatoms. The van der Waals surface area contributed by atoms with Crippen LogP contribution in [0.25, 0.3) is 0 Å². The molecule has 0 radical (unpaired) electrons. The van der Waals surface area contributed by atoms with Crippen molar-refractivity contribution >= 4 is 40.5 Å². The predicted molar refractivity (Wildman–Crippen MR) is 125 cm³/mol. The standard InChI is InChI=1S/C24H24ClN3O3/c1-17(29)15-28(20-7-3-2-4-8-20)16-23(30)27-22-10-6-5-9-21(22)24(31)26-19-13-11-18(25)12-14-19/h2-14,17,29H,15-16H2,1H3,(H,26,31)(H,27,30). The second-order valence-corrected chi connectivity index (χ2v) is 7.56. The van der Waals surface area contributed by atoms with Crippen molar-refractivity contribution in [2.45, 2.75) is 13.0 Å². The van der Waals surface area contributed by atoms with Crippen LogP contribution in [-0.2, 0) is 4.79 Å². The molecule has 31 heavy (non-hydrogen) atoms. The van der Waals surface area contributed by atoms with Crippen LogP contribution < -0.4 is 15.5 Å². The lowest BCUT2D eigenvalue weighted by Crippen LogP contribution is -2.38. The minimum absolute atomic E-state index is 0.0298. The Kier molecular flexibility index (Phi) is 7.65. The molecule has 0 aliphatic carbocycles. The molecule has 0 aliphatic heterocycles. The third-order valence-electron chi connectivity index (χ3n) is 4.49. The van der Waals surface area contributed by atoms with Crippen molar-refractivity contribution < 1.29 is 14.7 Å². The fourth-order valence-electron chi connectivity index (χ4n) is 3.10. The van der Waals surface area contributed by atoms with Gasteiger partial charge in [-0.3, -0.25) is 9.59 Å². The van der Waals surface area contributed by atoms with Crippen molar-refractivity contribution in [2.75, 3.05) is 28.6 Å². The number of hydrogen-bond acceptors (Lipinski definition) is 4. The SMILES string of the molecule is CC(O)CN(CC(=O)Nc1ccccc1C(=O)Nc1ccc(Cl)cc1)c1ccccc1. The molecular weight excluding hydrogens is 414 g/mol. The van der Waals surface area contributed by atoms with Gasteiger partial charge in [-0.2, -0.15) is 0 Å². The van der Waals surface area contributed by atoms with Gasteiger partial charge in [0.25, 0.3) is 5.91 Å². The summed E-state index contributed by atoms with van der Waals surface area (Å²) in [5.74, 6) is -0.640. The van der Waals surface area contributed by atoms with Crippen LogP contribution in [0.4, 0.5) is 17.1 Å². The number of aliphatic hydroxyl groups excluding tert-OH is 1. The predicted octanol–water partition coefficient (Wildman–Crippen LogP) is 4.42. The summed E-state index contributed by atoms with van der Waals surface area (Å²) >= 11 is 5.89. The van der Waals surface area contributed by atoms with E-state index in [1.165, 1.54) is 0 Å². The van der Waals surface area contributed by atoms with Gasteiger partial charge in [0.05, 0.1) is 23.9 Å². The van der Waals surface area contributed by atoms with Crippen LogP contribution in [0.2, 0.25) is 5.02 Å². The highest BCUT2D eigenvalue weighted by atomic mass is 35.5. The highest BCUT2D eigenvalue weighted by Gasteiger charge is 2.17. The monoisotopic (exact) mass is 437 g/mol. The molecule has 0 bridgehead atoms. The van der Waals surface area contributed by atoms with Gasteiger partial charge in [-0.1, -0.05) is 41.9 Å². The average molecular weight is 438 g/mol. The first kappa shape index (κ1) is 22.3. The van der Waals surface area contributed by atoms with Crippen LogP contribution in [0, 0.1) is 0 Å². The Bertz CT molecular complexity index is 1020. The molecule has 1 unspecified atom stereocenters. The molecule has 0 heterocycles. The Morgan fingerprint density at radius 3 is 2.26 bits per heavy atom. The van der Waals surface area contributed by atoms with Crippen molar-refractivity contribution in [1.29, 1.82) is 0 Å². The fraction of sp³-hybridized carbons (Fsp3) is 0.167. The summed E-state index contributed by atoms with van der Waals surface area (Å²) in [7, 11) is 0. The van der Waals surface area contributed by atoms with Crippen molar-refractivity contribution in [3.05, 3.63) is 89.4 Å². The van der Waals surface area contributed by atoms with E-state index >= 15 is 0 Å². The van der Waals surface area contributed by atoms with Crippen molar-refractivity contribution in [3.63, 3.8) is 0 Å². The molecule has 0 fully saturated rings. The lowest BCUT2D eigenvalue weighted by molar-refractivity contribution is -0.115. The average Bonchev–Trinajstić information content (AvgIpc) is 2.75. The van der Waals surface area contributed by atoms with Gasteiger partial charge in [-0.05, 0) is 55.5 Å². The number of hydrogen-bond donors (Lipinski definition) is 3. The third-order valence-corrected chi connectivity index (χ3v) is 4.74. The van der Waals surface area contributed by atoms with Crippen molar-refractivity contribution in [3.8, 4) is 0 Å². The fourth-order valence-corrected chi connectivity index (χ4v) is 3.23. The molecule has 2 amide bonds. The number of nitrogens with one attached hydrogen (secondary N) is 2. The second-order valence-electron chi connectivity index (χ2n) is 7.12. The molecule has 3 rings (SSSR count). The van der Waals surface area contributed by atoms with E-state index in [4.69, 9.17) is 11.6 Å². The van der Waals surface area contributed by atoms with Gasteiger partial charge < -0.3 is 20.6 Å². The number of halogens is 1. The van der Waals surface area contributed by atoms with E-state index in [0.717, 1.165) is 5.69 Å². The molecule has 6 nitrogen and oxygen atoms in total. The number of benzene rings is 3. The summed E-state index contributed by atoms with van der Waals surface area (Å²) in [5.41, 5.74) is 2.17. The van der Waals surface area contributed by atoms with E-state index in [2.05, 4.69) is 10.6 Å². The Hall–Kier alpha value is -3.35. The van der Waals surface area contributed by atoms with Crippen LogP contribution in [0.5, 0.6) is 0 Å². The summed E-state index contributed by atoms with van der Waals surface area (Å²) in [4.78, 5) is 27.3. The maximum atomic E-state index is 12.8. The molecule has 0 spiro atoms. The van der Waals surface area contributed by atoms with Gasteiger partial charge in [0.2, 0.25) is 5.91 Å². The largest absolute Gasteiger partial charge is 0.392 e. The van der Waals surface area contributed by atoms with E-state index in [-0.39, 0.29) is 18.4 Å². The smallest absolute Gasteiger partial charge is 0.257 e. The van der Waals surface area contributed by atoms with Crippen LogP contribution in [0.3, 0.4) is 0 Å². The quantitative estimate of drug-likeness (QED) is 0.487. The molecule has 0 aliphatic rings. The number of carbonyl (C=O) groups is 2. The molecule has 0 saturated carbocycles. The maximum Gasteiger partial charge on any atom is 0.257 e. The van der Waals surface area contributed by atoms with Gasteiger partial charge in [-0.15, -0.1) is 0 Å². The Morgan fingerprint density at radius 1 is 0.935 bits per heavy atom. The van der Waals surface area contributed by atoms with Gasteiger partial charge in [0, 0.05) is 22.9 Å². The Labute approximate surface area is 186 Å². The lowest BCUT2D eigenvalue weighted by atomic mass is 10.1. The van der Waals surface area contributed by atoms with E-state index < -0.39 is 6.10 Å². The van der Waals surface area contributed by atoms with Crippen LogP contribution in [-0.4, -0.2) is 36.1 Å². The minimum Gasteiger partial charge on any atom is -0.392 e. The molecule has 0 saturated heterocycles. The highest BCUT2D eigenvalue weighted by molar-refractivity contribution is 6.30. The lowest BCUT2D eigenvalue weighted by Gasteiger charge is -2.25. The summed E-state index contributed by atoms with van der Waals surface area (Å²) in [6.45, 7) is 2.00. The topological polar surface area (TPSA) is 81.7 Å². The number of aliphatic hydroxyl groups is 1. The molecule has 3 N–H and O–H groups in total. The van der Waals surface area contributed by atoms with Crippen molar-refractivity contribution in [1.82, 2.24) is 0 Å². The van der Waals surface area contributed by atoms with Crippen molar-refractivity contribution in [2.24, 2.45) is 0 Å². The molecule has 1 atom stereocenters. The highest BCUT2D eigenvalue weighted by Crippen LogP contribution is 2.20. The van der Waals surface area contributed by atoms with E-state index in [9.17, 15) is 14.7 Å². The zero-order valence-corrected chi connectivity index (χ0v) is 17.8. The number of carbonyl (C=O) groups excluding carboxylic acids is 2. The number of para-hydroxylation sites is 2. The Morgan fingerprint density at radius 2 is 1.58 bits per heavy atom. The zero-order valence-electron chi connectivity index (χ0n) is 17.1. The van der Waals surface area contributed by atoms with Crippen LogP contribution >= 0.6 is 11.6 Å². The van der Waals surface area contributed by atoms with Gasteiger partial charge in [0.15, 0.2) is 0 Å². The van der Waals surface area contributed by atoms with E-state index in [0.29, 0.717) is 28.5 Å². The second kappa shape index (κ2) is 10.6. The van der Waals surface area contributed by atoms with Gasteiger partial charge >= 0.3 is 0 Å². The van der Waals surface area contributed by atoms with E-state index in [1.54, 1.807) is 60.4 Å². The number of rotatable bonds is 8. The molecule has 0 aromatic heterocycles. The van der Waals surface area contributed by atoms with Crippen LogP contribution in [0.15, 0.2) is 78.9 Å². The molecule has 3 aromatic rings. The van der Waals surface area contributed by atoms with Gasteiger partial charge in [0.1, 0.15) is 0 Å².